The van der Waals surface area contributed by atoms with Gasteiger partial charge in [0.05, 0.1) is 23.0 Å². The van der Waals surface area contributed by atoms with Gasteiger partial charge in [-0.2, -0.15) is 0 Å². The van der Waals surface area contributed by atoms with E-state index in [1.54, 1.807) is 36.6 Å². The van der Waals surface area contributed by atoms with E-state index in [0.717, 1.165) is 5.52 Å². The number of nitrogens with zero attached hydrogens (tertiary/aromatic N) is 4. The third-order valence-corrected chi connectivity index (χ3v) is 4.54. The van der Waals surface area contributed by atoms with Crippen LogP contribution in [0.3, 0.4) is 0 Å². The molecule has 0 saturated carbocycles. The third kappa shape index (κ3) is 3.56. The van der Waals surface area contributed by atoms with Gasteiger partial charge in [0.2, 0.25) is 5.91 Å². The highest BCUT2D eigenvalue weighted by molar-refractivity contribution is 6.30. The second kappa shape index (κ2) is 6.88. The van der Waals surface area contributed by atoms with Crippen LogP contribution < -0.4 is 11.1 Å². The Labute approximate surface area is 165 Å². The van der Waals surface area contributed by atoms with Gasteiger partial charge in [-0.05, 0) is 38.1 Å². The lowest BCUT2D eigenvalue weighted by Crippen LogP contribution is -2.50. The van der Waals surface area contributed by atoms with Gasteiger partial charge in [0.25, 0.3) is 0 Å². The van der Waals surface area contributed by atoms with Crippen molar-refractivity contribution in [2.45, 2.75) is 31.8 Å². The number of nitrogens with one attached hydrogen (secondary N) is 1. The molecule has 0 bridgehead atoms. The van der Waals surface area contributed by atoms with Gasteiger partial charge in [-0.25, -0.2) is 4.98 Å². The first-order chi connectivity index (χ1) is 13.3. The second-order valence-electron chi connectivity index (χ2n) is 7.16. The standard InChI is InChI=1S/C19H19ClN6O2/c1-19(2,21)18(27)23-13(9-16-22-12-5-3-4-6-14(12)28-16)17-25-24-15-8-7-11(20)10-26(15)17/h3-8,10,13H,9,21H2,1-2H3,(H,23,27)/t13-/m1/s1. The van der Waals surface area contributed by atoms with Gasteiger partial charge in [0.1, 0.15) is 5.52 Å². The van der Waals surface area contributed by atoms with Crippen molar-refractivity contribution in [2.75, 3.05) is 0 Å². The SMILES string of the molecule is CC(C)(N)C(=O)N[C@H](Cc1nc2ccccc2o1)c1nnc2ccc(Cl)cn12. The normalized spacial score (nSPS) is 13.1. The number of amides is 1. The smallest absolute Gasteiger partial charge is 0.240 e. The predicted octanol–water partition coefficient (Wildman–Crippen LogP) is 2.66. The van der Waals surface area contributed by atoms with E-state index in [-0.39, 0.29) is 12.3 Å². The van der Waals surface area contributed by atoms with E-state index < -0.39 is 11.6 Å². The summed E-state index contributed by atoms with van der Waals surface area (Å²) in [4.78, 5) is 17.1. The molecule has 4 rings (SSSR count). The Morgan fingerprint density at radius 3 is 2.82 bits per heavy atom. The topological polar surface area (TPSA) is 111 Å². The summed E-state index contributed by atoms with van der Waals surface area (Å²) in [6, 6.07) is 10.4. The second-order valence-corrected chi connectivity index (χ2v) is 7.60. The minimum atomic E-state index is -1.06. The minimum absolute atomic E-state index is 0.282. The van der Waals surface area contributed by atoms with Crippen molar-refractivity contribution in [3.05, 3.63) is 59.3 Å². The van der Waals surface area contributed by atoms with Crippen molar-refractivity contribution in [1.82, 2.24) is 24.9 Å². The van der Waals surface area contributed by atoms with Crippen LogP contribution in [0.15, 0.2) is 47.0 Å². The predicted molar refractivity (Wildman–Crippen MR) is 105 cm³/mol. The third-order valence-electron chi connectivity index (χ3n) is 4.31. The van der Waals surface area contributed by atoms with Crippen molar-refractivity contribution < 1.29 is 9.21 Å². The number of fused-ring (bicyclic) bond motifs is 2. The largest absolute Gasteiger partial charge is 0.441 e. The molecule has 144 valence electrons. The van der Waals surface area contributed by atoms with Gasteiger partial charge in [0, 0.05) is 6.20 Å². The molecule has 28 heavy (non-hydrogen) atoms. The molecule has 1 aromatic carbocycles. The lowest BCUT2D eigenvalue weighted by molar-refractivity contribution is -0.126. The molecule has 0 aliphatic heterocycles. The Hall–Kier alpha value is -2.97. The van der Waals surface area contributed by atoms with Gasteiger partial charge in [-0.15, -0.1) is 10.2 Å². The average molecular weight is 399 g/mol. The molecule has 0 fully saturated rings. The summed E-state index contributed by atoms with van der Waals surface area (Å²) in [5.74, 6) is 0.657. The molecule has 1 amide bonds. The average Bonchev–Trinajstić information content (AvgIpc) is 3.23. The molecule has 1 atom stereocenters. The first-order valence-electron chi connectivity index (χ1n) is 8.76. The van der Waals surface area contributed by atoms with Crippen molar-refractivity contribution >= 4 is 34.3 Å². The van der Waals surface area contributed by atoms with Crippen molar-refractivity contribution in [3.8, 4) is 0 Å². The van der Waals surface area contributed by atoms with E-state index in [9.17, 15) is 4.79 Å². The van der Waals surface area contributed by atoms with Gasteiger partial charge in [-0.1, -0.05) is 23.7 Å². The summed E-state index contributed by atoms with van der Waals surface area (Å²) in [5, 5.41) is 11.9. The molecule has 3 heterocycles. The van der Waals surface area contributed by atoms with Crippen LogP contribution in [0.4, 0.5) is 0 Å². The maximum atomic E-state index is 12.6. The van der Waals surface area contributed by atoms with E-state index in [2.05, 4.69) is 20.5 Å². The van der Waals surface area contributed by atoms with Gasteiger partial charge in [0.15, 0.2) is 22.9 Å². The highest BCUT2D eigenvalue weighted by Gasteiger charge is 2.29. The number of hydrogen-bond donors (Lipinski definition) is 2. The molecule has 3 aromatic heterocycles. The van der Waals surface area contributed by atoms with Crippen molar-refractivity contribution in [1.29, 1.82) is 0 Å². The number of halogens is 1. The van der Waals surface area contributed by atoms with Crippen LogP contribution in [0.2, 0.25) is 5.02 Å². The first kappa shape index (κ1) is 18.4. The highest BCUT2D eigenvalue weighted by atomic mass is 35.5. The molecule has 0 aliphatic rings. The molecular formula is C19H19ClN6O2. The number of carbonyl (C=O) groups is 1. The molecule has 0 saturated heterocycles. The summed E-state index contributed by atoms with van der Waals surface area (Å²) >= 11 is 6.13. The maximum Gasteiger partial charge on any atom is 0.240 e. The van der Waals surface area contributed by atoms with Crippen LogP contribution in [-0.2, 0) is 11.2 Å². The van der Waals surface area contributed by atoms with Crippen LogP contribution in [-0.4, -0.2) is 31.0 Å². The van der Waals surface area contributed by atoms with Gasteiger partial charge < -0.3 is 15.5 Å². The summed E-state index contributed by atoms with van der Waals surface area (Å²) in [6.45, 7) is 3.27. The van der Waals surface area contributed by atoms with Crippen molar-refractivity contribution in [2.24, 2.45) is 5.73 Å². The fraction of sp³-hybridized carbons (Fsp3) is 0.263. The van der Waals surface area contributed by atoms with E-state index in [0.29, 0.717) is 28.0 Å². The van der Waals surface area contributed by atoms with Crippen LogP contribution in [0, 0.1) is 0 Å². The molecule has 3 N–H and O–H groups in total. The fourth-order valence-corrected chi connectivity index (χ4v) is 3.01. The fourth-order valence-electron chi connectivity index (χ4n) is 2.85. The Morgan fingerprint density at radius 2 is 2.07 bits per heavy atom. The minimum Gasteiger partial charge on any atom is -0.441 e. The quantitative estimate of drug-likeness (QED) is 0.534. The summed E-state index contributed by atoms with van der Waals surface area (Å²) in [6.07, 6.45) is 1.98. The van der Waals surface area contributed by atoms with Gasteiger partial charge in [-0.3, -0.25) is 9.20 Å². The Morgan fingerprint density at radius 1 is 1.29 bits per heavy atom. The Balaban J connectivity index is 1.74. The Bertz CT molecular complexity index is 1130. The lowest BCUT2D eigenvalue weighted by Gasteiger charge is -2.22. The number of carbonyl (C=O) groups excluding carboxylic acids is 1. The number of oxazole rings is 1. The van der Waals surface area contributed by atoms with E-state index >= 15 is 0 Å². The maximum absolute atomic E-state index is 12.6. The number of para-hydroxylation sites is 2. The number of pyridine rings is 1. The zero-order valence-electron chi connectivity index (χ0n) is 15.4. The van der Waals surface area contributed by atoms with Crippen LogP contribution in [0.5, 0.6) is 0 Å². The number of rotatable bonds is 5. The molecular weight excluding hydrogens is 380 g/mol. The number of aromatic nitrogens is 4. The van der Waals surface area contributed by atoms with Crippen LogP contribution >= 0.6 is 11.6 Å². The van der Waals surface area contributed by atoms with Crippen LogP contribution in [0.25, 0.3) is 16.7 Å². The summed E-state index contributed by atoms with van der Waals surface area (Å²) in [5.41, 5.74) is 6.94. The Kier molecular flexibility index (Phi) is 4.52. The number of nitrogens with two attached hydrogens (primary N) is 1. The zero-order valence-corrected chi connectivity index (χ0v) is 16.1. The number of hydrogen-bond acceptors (Lipinski definition) is 6. The van der Waals surface area contributed by atoms with E-state index in [1.165, 1.54) is 0 Å². The lowest BCUT2D eigenvalue weighted by atomic mass is 10.0. The molecule has 0 aliphatic carbocycles. The van der Waals surface area contributed by atoms with E-state index in [4.69, 9.17) is 21.8 Å². The van der Waals surface area contributed by atoms with E-state index in [1.807, 2.05) is 24.3 Å². The molecule has 0 radical (unpaired) electrons. The van der Waals surface area contributed by atoms with Crippen LogP contribution in [0.1, 0.15) is 31.6 Å². The molecule has 0 spiro atoms. The first-order valence-corrected chi connectivity index (χ1v) is 9.13. The molecule has 4 aromatic rings. The van der Waals surface area contributed by atoms with Gasteiger partial charge >= 0.3 is 0 Å². The molecule has 0 unspecified atom stereocenters. The monoisotopic (exact) mass is 398 g/mol. The highest BCUT2D eigenvalue weighted by Crippen LogP contribution is 2.23. The molecule has 9 heteroatoms. The summed E-state index contributed by atoms with van der Waals surface area (Å²) in [7, 11) is 0. The zero-order chi connectivity index (χ0) is 19.9. The van der Waals surface area contributed by atoms with Crippen molar-refractivity contribution in [3.63, 3.8) is 0 Å². The number of benzene rings is 1. The summed E-state index contributed by atoms with van der Waals surface area (Å²) < 4.78 is 7.56. The molecule has 8 nitrogen and oxygen atoms in total.